The summed E-state index contributed by atoms with van der Waals surface area (Å²) in [5.74, 6) is 0. The van der Waals surface area contributed by atoms with Crippen molar-refractivity contribution in [3.63, 3.8) is 0 Å². The molecule has 34 heavy (non-hydrogen) atoms. The Bertz CT molecular complexity index is 1460. The molecule has 1 aliphatic rings. The minimum absolute atomic E-state index is 1.07. The van der Waals surface area contributed by atoms with Gasteiger partial charge in [0.25, 0.3) is 0 Å². The summed E-state index contributed by atoms with van der Waals surface area (Å²) in [7, 11) is 0. The predicted molar refractivity (Wildman–Crippen MR) is 144 cm³/mol. The number of hydrogen-bond donors (Lipinski definition) is 0. The summed E-state index contributed by atoms with van der Waals surface area (Å²) in [4.78, 5) is 0. The first-order chi connectivity index (χ1) is 16.7. The average Bonchev–Trinajstić information content (AvgIpc) is 3.54. The quantitative estimate of drug-likeness (QED) is 0.211. The van der Waals surface area contributed by atoms with Crippen LogP contribution in [0.4, 0.5) is 0 Å². The van der Waals surface area contributed by atoms with Crippen LogP contribution in [-0.2, 0) is 24.2 Å². The van der Waals surface area contributed by atoms with E-state index in [4.69, 9.17) is 0 Å². The van der Waals surface area contributed by atoms with Crippen LogP contribution in [0.25, 0.3) is 27.1 Å². The summed E-state index contributed by atoms with van der Waals surface area (Å²) in [5.41, 5.74) is 6.99. The molecule has 5 aromatic carbocycles. The average molecular weight is 515 g/mol. The molecule has 0 unspecified atom stereocenters. The van der Waals surface area contributed by atoms with Crippen LogP contribution in [-0.4, -0.2) is 3.21 Å². The van der Waals surface area contributed by atoms with E-state index in [9.17, 15) is 0 Å². The van der Waals surface area contributed by atoms with Gasteiger partial charge in [-0.1, -0.05) is 72.2 Å². The zero-order valence-corrected chi connectivity index (χ0v) is 21.9. The Labute approximate surface area is 217 Å². The Balaban J connectivity index is 0.000000152. The molecule has 0 aliphatic heterocycles. The van der Waals surface area contributed by atoms with Crippen molar-refractivity contribution in [2.24, 2.45) is 0 Å². The third-order valence-electron chi connectivity index (χ3n) is 6.48. The van der Waals surface area contributed by atoms with E-state index in [1.807, 2.05) is 0 Å². The SMILES string of the molecule is CCC1=CCC(c2cccc3c2[cH-]c2ccccc23)=C1.[Zr]=[C](c1ccccc1)c1ccccc1. The second-order valence-electron chi connectivity index (χ2n) is 8.61. The Morgan fingerprint density at radius 1 is 0.735 bits per heavy atom. The Kier molecular flexibility index (Phi) is 7.03. The van der Waals surface area contributed by atoms with Gasteiger partial charge in [-0.2, -0.15) is 0 Å². The van der Waals surface area contributed by atoms with Crippen LogP contribution in [0.15, 0.2) is 127 Å². The van der Waals surface area contributed by atoms with Crippen LogP contribution in [0.3, 0.4) is 0 Å². The third-order valence-corrected chi connectivity index (χ3v) is 7.90. The molecule has 0 atom stereocenters. The molecule has 0 radical (unpaired) electrons. The molecule has 6 rings (SSSR count). The van der Waals surface area contributed by atoms with Crippen molar-refractivity contribution in [3.05, 3.63) is 144 Å². The van der Waals surface area contributed by atoms with E-state index < -0.39 is 0 Å². The minimum atomic E-state index is 1.07. The standard InChI is InChI=1S/C20H17.C13H10.Zr/c1-2-14-10-11-16(12-14)18-8-5-9-19-17-7-4-3-6-15(17)13-20(18)19;1-3-7-12(8-4-1)11-13-9-5-2-6-10-13;/h3-10,12-13H,2,11H2,1H3;1-10H;/q-1;;. The maximum atomic E-state index is 2.37. The van der Waals surface area contributed by atoms with Crippen LogP contribution in [0.5, 0.6) is 0 Å². The van der Waals surface area contributed by atoms with E-state index in [1.165, 1.54) is 76.8 Å². The zero-order valence-electron chi connectivity index (χ0n) is 19.5. The van der Waals surface area contributed by atoms with E-state index in [-0.39, 0.29) is 0 Å². The van der Waals surface area contributed by atoms with Gasteiger partial charge in [0.2, 0.25) is 0 Å². The van der Waals surface area contributed by atoms with Gasteiger partial charge < -0.3 is 0 Å². The number of benzene rings is 4. The van der Waals surface area contributed by atoms with Crippen LogP contribution in [0, 0.1) is 0 Å². The molecule has 5 aromatic rings. The topological polar surface area (TPSA) is 0 Å². The zero-order chi connectivity index (χ0) is 23.3. The second-order valence-corrected chi connectivity index (χ2v) is 9.84. The molecular formula is C33H27Zr-. The van der Waals surface area contributed by atoms with Crippen LogP contribution in [0.1, 0.15) is 36.5 Å². The monoisotopic (exact) mass is 513 g/mol. The van der Waals surface area contributed by atoms with Crippen LogP contribution >= 0.6 is 0 Å². The summed E-state index contributed by atoms with van der Waals surface area (Å²) in [5, 5.41) is 5.48. The molecule has 1 aliphatic carbocycles. The first-order valence-corrected chi connectivity index (χ1v) is 13.1. The van der Waals surface area contributed by atoms with Gasteiger partial charge in [0.05, 0.1) is 0 Å². The van der Waals surface area contributed by atoms with E-state index >= 15 is 0 Å². The van der Waals surface area contributed by atoms with Gasteiger partial charge in [-0.15, -0.1) is 33.7 Å². The van der Waals surface area contributed by atoms with E-state index in [2.05, 4.69) is 128 Å². The fourth-order valence-electron chi connectivity index (χ4n) is 4.65. The molecule has 164 valence electrons. The Hall–Kier alpha value is -3.02. The first kappa shape index (κ1) is 22.8. The molecule has 0 amide bonds. The number of rotatable bonds is 4. The normalized spacial score (nSPS) is 12.7. The number of hydrogen-bond acceptors (Lipinski definition) is 0. The summed E-state index contributed by atoms with van der Waals surface area (Å²) >= 11 is 1.46. The molecule has 0 fully saturated rings. The summed E-state index contributed by atoms with van der Waals surface area (Å²) in [6.45, 7) is 2.22. The second kappa shape index (κ2) is 10.5. The van der Waals surface area contributed by atoms with E-state index in [0.717, 1.165) is 12.8 Å². The summed E-state index contributed by atoms with van der Waals surface area (Å²) in [6.07, 6.45) is 6.93. The molecular weight excluding hydrogens is 488 g/mol. The van der Waals surface area contributed by atoms with Gasteiger partial charge >= 0.3 is 99.2 Å². The van der Waals surface area contributed by atoms with Gasteiger partial charge in [0, 0.05) is 0 Å². The van der Waals surface area contributed by atoms with Gasteiger partial charge in [-0.25, -0.2) is 0 Å². The number of fused-ring (bicyclic) bond motifs is 3. The third kappa shape index (κ3) is 4.77. The maximum absolute atomic E-state index is 2.37. The molecule has 0 saturated heterocycles. The molecule has 0 saturated carbocycles. The van der Waals surface area contributed by atoms with Crippen molar-refractivity contribution < 1.29 is 24.2 Å². The predicted octanol–water partition coefficient (Wildman–Crippen LogP) is 8.64. The molecule has 1 heteroatoms. The molecule has 0 spiro atoms. The summed E-state index contributed by atoms with van der Waals surface area (Å²) in [6, 6.07) is 38.8. The molecule has 0 N–H and O–H groups in total. The van der Waals surface area contributed by atoms with Crippen molar-refractivity contribution in [1.82, 2.24) is 0 Å². The van der Waals surface area contributed by atoms with Gasteiger partial charge in [0.15, 0.2) is 0 Å². The van der Waals surface area contributed by atoms with Gasteiger partial charge in [0.1, 0.15) is 0 Å². The molecule has 0 aromatic heterocycles. The van der Waals surface area contributed by atoms with Crippen molar-refractivity contribution in [2.45, 2.75) is 19.8 Å². The van der Waals surface area contributed by atoms with Crippen LogP contribution in [0.2, 0.25) is 0 Å². The summed E-state index contributed by atoms with van der Waals surface area (Å²) < 4.78 is 1.42. The fourth-order valence-corrected chi connectivity index (χ4v) is 5.47. The number of allylic oxidation sites excluding steroid dienone is 4. The van der Waals surface area contributed by atoms with Crippen LogP contribution < -0.4 is 0 Å². The van der Waals surface area contributed by atoms with Gasteiger partial charge in [-0.05, 0) is 12.8 Å². The molecule has 0 heterocycles. The van der Waals surface area contributed by atoms with Gasteiger partial charge in [-0.3, -0.25) is 0 Å². The van der Waals surface area contributed by atoms with E-state index in [1.54, 1.807) is 0 Å². The van der Waals surface area contributed by atoms with Crippen molar-refractivity contribution in [2.75, 3.05) is 0 Å². The fraction of sp³-hybridized carbons (Fsp3) is 0.0909. The Morgan fingerprint density at radius 3 is 2.00 bits per heavy atom. The van der Waals surface area contributed by atoms with Crippen molar-refractivity contribution in [1.29, 1.82) is 0 Å². The molecule has 0 nitrogen and oxygen atoms in total. The van der Waals surface area contributed by atoms with E-state index in [0.29, 0.717) is 0 Å². The van der Waals surface area contributed by atoms with Crippen molar-refractivity contribution in [3.8, 4) is 0 Å². The van der Waals surface area contributed by atoms with Crippen molar-refractivity contribution >= 4 is 30.3 Å². The molecule has 0 bridgehead atoms. The first-order valence-electron chi connectivity index (χ1n) is 11.9. The Morgan fingerprint density at radius 2 is 1.35 bits per heavy atom.